The third-order valence-corrected chi connectivity index (χ3v) is 4.65. The normalized spacial score (nSPS) is 10.5. The second-order valence-electron chi connectivity index (χ2n) is 7.35. The van der Waals surface area contributed by atoms with Gasteiger partial charge in [-0.05, 0) is 60.5 Å². The molecule has 10 heteroatoms. The summed E-state index contributed by atoms with van der Waals surface area (Å²) in [6, 6.07) is 19.4. The molecule has 3 aromatic carbocycles. The fraction of sp³-hybridized carbons (Fsp3) is 0.154. The SMILES string of the molecule is CCOc1cc(/C=N\NC(=O)C(=O)Nc2ccc(F)cc2)ccc1OCC(=O)NCc1ccccc1. The van der Waals surface area contributed by atoms with E-state index < -0.39 is 17.6 Å². The Bertz CT molecular complexity index is 1220. The zero-order valence-electron chi connectivity index (χ0n) is 19.5. The van der Waals surface area contributed by atoms with Gasteiger partial charge in [-0.2, -0.15) is 5.10 Å². The van der Waals surface area contributed by atoms with Crippen molar-refractivity contribution in [3.8, 4) is 11.5 Å². The van der Waals surface area contributed by atoms with Gasteiger partial charge >= 0.3 is 11.8 Å². The lowest BCUT2D eigenvalue weighted by atomic mass is 10.2. The zero-order chi connectivity index (χ0) is 25.8. The molecule has 0 saturated carbocycles. The van der Waals surface area contributed by atoms with E-state index in [1.165, 1.54) is 18.3 Å². The molecule has 36 heavy (non-hydrogen) atoms. The number of amides is 3. The molecule has 0 bridgehead atoms. The lowest BCUT2D eigenvalue weighted by molar-refractivity contribution is -0.136. The van der Waals surface area contributed by atoms with Crippen LogP contribution in [0.5, 0.6) is 11.5 Å². The van der Waals surface area contributed by atoms with Gasteiger partial charge in [0.25, 0.3) is 5.91 Å². The van der Waals surface area contributed by atoms with Gasteiger partial charge in [-0.25, -0.2) is 9.82 Å². The molecule has 3 amide bonds. The molecule has 0 aliphatic carbocycles. The van der Waals surface area contributed by atoms with Crippen LogP contribution in [0.25, 0.3) is 0 Å². The topological polar surface area (TPSA) is 118 Å². The number of rotatable bonds is 10. The highest BCUT2D eigenvalue weighted by molar-refractivity contribution is 6.39. The Morgan fingerprint density at radius 2 is 1.67 bits per heavy atom. The minimum atomic E-state index is -0.998. The summed E-state index contributed by atoms with van der Waals surface area (Å²) < 4.78 is 24.1. The molecule has 0 spiro atoms. The molecule has 0 aliphatic heterocycles. The van der Waals surface area contributed by atoms with Crippen molar-refractivity contribution in [2.45, 2.75) is 13.5 Å². The highest BCUT2D eigenvalue weighted by Crippen LogP contribution is 2.28. The predicted octanol–water partition coefficient (Wildman–Crippen LogP) is 3.01. The lowest BCUT2D eigenvalue weighted by Gasteiger charge is -2.12. The summed E-state index contributed by atoms with van der Waals surface area (Å²) in [6.07, 6.45) is 1.32. The van der Waals surface area contributed by atoms with E-state index in [0.29, 0.717) is 30.2 Å². The number of hydrazone groups is 1. The maximum atomic E-state index is 12.9. The third-order valence-electron chi connectivity index (χ3n) is 4.65. The van der Waals surface area contributed by atoms with Crippen molar-refractivity contribution in [2.24, 2.45) is 5.10 Å². The van der Waals surface area contributed by atoms with Crippen LogP contribution >= 0.6 is 0 Å². The highest BCUT2D eigenvalue weighted by Gasteiger charge is 2.13. The fourth-order valence-electron chi connectivity index (χ4n) is 2.92. The fourth-order valence-corrected chi connectivity index (χ4v) is 2.92. The van der Waals surface area contributed by atoms with E-state index in [1.54, 1.807) is 25.1 Å². The van der Waals surface area contributed by atoms with E-state index in [2.05, 4.69) is 21.2 Å². The average Bonchev–Trinajstić information content (AvgIpc) is 2.89. The first-order chi connectivity index (χ1) is 17.4. The molecule has 0 unspecified atom stereocenters. The zero-order valence-corrected chi connectivity index (χ0v) is 19.5. The first kappa shape index (κ1) is 25.9. The van der Waals surface area contributed by atoms with Gasteiger partial charge < -0.3 is 20.1 Å². The van der Waals surface area contributed by atoms with Crippen molar-refractivity contribution in [1.29, 1.82) is 0 Å². The van der Waals surface area contributed by atoms with Crippen molar-refractivity contribution in [3.05, 3.63) is 89.7 Å². The van der Waals surface area contributed by atoms with E-state index in [4.69, 9.17) is 9.47 Å². The molecule has 0 aliphatic rings. The van der Waals surface area contributed by atoms with E-state index in [-0.39, 0.29) is 18.2 Å². The van der Waals surface area contributed by atoms with Crippen LogP contribution in [-0.2, 0) is 20.9 Å². The van der Waals surface area contributed by atoms with Gasteiger partial charge in [0.05, 0.1) is 12.8 Å². The van der Waals surface area contributed by atoms with Crippen molar-refractivity contribution < 1.29 is 28.2 Å². The van der Waals surface area contributed by atoms with Crippen LogP contribution in [0.4, 0.5) is 10.1 Å². The molecule has 0 fully saturated rings. The number of ether oxygens (including phenoxy) is 2. The van der Waals surface area contributed by atoms with Gasteiger partial charge in [-0.3, -0.25) is 14.4 Å². The van der Waals surface area contributed by atoms with Crippen LogP contribution in [0.1, 0.15) is 18.1 Å². The monoisotopic (exact) mass is 492 g/mol. The molecular weight excluding hydrogens is 467 g/mol. The quantitative estimate of drug-likeness (QED) is 0.228. The Hall–Kier alpha value is -4.73. The molecule has 0 radical (unpaired) electrons. The molecule has 0 atom stereocenters. The summed E-state index contributed by atoms with van der Waals surface area (Å²) in [7, 11) is 0. The van der Waals surface area contributed by atoms with Gasteiger partial charge in [-0.15, -0.1) is 0 Å². The summed E-state index contributed by atoms with van der Waals surface area (Å²) in [4.78, 5) is 36.0. The number of halogens is 1. The van der Waals surface area contributed by atoms with E-state index in [0.717, 1.165) is 17.7 Å². The Kier molecular flexibility index (Phi) is 9.51. The van der Waals surface area contributed by atoms with Gasteiger partial charge in [0.1, 0.15) is 5.82 Å². The lowest BCUT2D eigenvalue weighted by Crippen LogP contribution is -2.32. The van der Waals surface area contributed by atoms with Gasteiger partial charge in [0, 0.05) is 12.2 Å². The Labute approximate surface area is 207 Å². The van der Waals surface area contributed by atoms with Crippen molar-refractivity contribution in [1.82, 2.24) is 10.7 Å². The molecule has 186 valence electrons. The number of hydrogen-bond donors (Lipinski definition) is 3. The summed E-state index contributed by atoms with van der Waals surface area (Å²) in [5, 5.41) is 8.88. The van der Waals surface area contributed by atoms with Crippen molar-refractivity contribution in [3.63, 3.8) is 0 Å². The number of carbonyl (C=O) groups is 3. The standard InChI is InChI=1S/C26H25FN4O5/c1-2-35-23-14-19(16-29-31-26(34)25(33)30-21-11-9-20(27)10-12-21)8-13-22(23)36-17-24(32)28-15-18-6-4-3-5-7-18/h3-14,16H,2,15,17H2,1H3,(H,28,32)(H,30,33)(H,31,34)/b29-16-. The average molecular weight is 493 g/mol. The molecule has 0 aromatic heterocycles. The molecule has 0 heterocycles. The number of nitrogens with one attached hydrogen (secondary N) is 3. The third kappa shape index (κ3) is 8.24. The number of benzene rings is 3. The van der Waals surface area contributed by atoms with Crippen molar-refractivity contribution >= 4 is 29.6 Å². The van der Waals surface area contributed by atoms with Crippen LogP contribution < -0.4 is 25.5 Å². The first-order valence-corrected chi connectivity index (χ1v) is 11.0. The number of anilines is 1. The van der Waals surface area contributed by atoms with Gasteiger partial charge in [0.15, 0.2) is 18.1 Å². The van der Waals surface area contributed by atoms with Gasteiger partial charge in [-0.1, -0.05) is 30.3 Å². The summed E-state index contributed by atoms with van der Waals surface area (Å²) in [5.74, 6) is -1.95. The van der Waals surface area contributed by atoms with Crippen LogP contribution in [-0.4, -0.2) is 37.1 Å². The minimum Gasteiger partial charge on any atom is -0.490 e. The maximum Gasteiger partial charge on any atom is 0.329 e. The van der Waals surface area contributed by atoms with E-state index >= 15 is 0 Å². The predicted molar refractivity (Wildman–Crippen MR) is 132 cm³/mol. The minimum absolute atomic E-state index is 0.195. The molecule has 3 rings (SSSR count). The Balaban J connectivity index is 1.51. The number of carbonyl (C=O) groups excluding carboxylic acids is 3. The Morgan fingerprint density at radius 1 is 0.917 bits per heavy atom. The molecule has 3 aromatic rings. The van der Waals surface area contributed by atoms with E-state index in [1.807, 2.05) is 30.3 Å². The molecular formula is C26H25FN4O5. The Morgan fingerprint density at radius 3 is 2.39 bits per heavy atom. The van der Waals surface area contributed by atoms with Crippen LogP contribution in [0.3, 0.4) is 0 Å². The summed E-state index contributed by atoms with van der Waals surface area (Å²) in [6.45, 7) is 2.36. The van der Waals surface area contributed by atoms with Crippen LogP contribution in [0.2, 0.25) is 0 Å². The first-order valence-electron chi connectivity index (χ1n) is 11.0. The summed E-state index contributed by atoms with van der Waals surface area (Å²) in [5.41, 5.74) is 3.92. The van der Waals surface area contributed by atoms with Crippen LogP contribution in [0, 0.1) is 5.82 Å². The molecule has 0 saturated heterocycles. The second-order valence-corrected chi connectivity index (χ2v) is 7.35. The smallest absolute Gasteiger partial charge is 0.329 e. The molecule has 9 nitrogen and oxygen atoms in total. The van der Waals surface area contributed by atoms with Gasteiger partial charge in [0.2, 0.25) is 0 Å². The second kappa shape index (κ2) is 13.2. The molecule has 3 N–H and O–H groups in total. The maximum absolute atomic E-state index is 12.9. The number of nitrogens with zero attached hydrogens (tertiary/aromatic N) is 1. The van der Waals surface area contributed by atoms with Crippen LogP contribution in [0.15, 0.2) is 77.9 Å². The highest BCUT2D eigenvalue weighted by atomic mass is 19.1. The largest absolute Gasteiger partial charge is 0.490 e. The van der Waals surface area contributed by atoms with Crippen molar-refractivity contribution in [2.75, 3.05) is 18.5 Å². The summed E-state index contributed by atoms with van der Waals surface area (Å²) >= 11 is 0. The van der Waals surface area contributed by atoms with E-state index in [9.17, 15) is 18.8 Å². The number of hydrogen-bond acceptors (Lipinski definition) is 6.